The Bertz CT molecular complexity index is 2810. The Balaban J connectivity index is 0.000000253. The highest BCUT2D eigenvalue weighted by atomic mass is 19.4. The zero-order valence-corrected chi connectivity index (χ0v) is 33.3. The third-order valence-corrected chi connectivity index (χ3v) is 10.1. The van der Waals surface area contributed by atoms with E-state index in [1.54, 1.807) is 0 Å². The Kier molecular flexibility index (Phi) is 15.2. The van der Waals surface area contributed by atoms with Crippen LogP contribution in [0.1, 0.15) is 37.4 Å². The first-order chi connectivity index (χ1) is 31.4. The normalized spacial score (nSPS) is 15.6. The van der Waals surface area contributed by atoms with Crippen LogP contribution in [0, 0.1) is 23.3 Å². The Labute approximate surface area is 382 Å². The zero-order valence-electron chi connectivity index (χ0n) is 33.3. The molecule has 1 fully saturated rings. The van der Waals surface area contributed by atoms with E-state index in [1.165, 1.54) is 42.6 Å². The summed E-state index contributed by atoms with van der Waals surface area (Å²) in [5.74, 6) is -13.4. The van der Waals surface area contributed by atoms with Crippen molar-refractivity contribution in [3.63, 3.8) is 0 Å². The fraction of sp³-hybridized carbons (Fsp3) is 0.217. The molecule has 366 valence electrons. The molecule has 1 N–H and O–H groups in total. The number of benzene rings is 4. The average molecular weight is 988 g/mol. The van der Waals surface area contributed by atoms with Crippen LogP contribution in [0.4, 0.5) is 61.5 Å². The first-order valence-corrected chi connectivity index (χ1v) is 18.9. The quantitative estimate of drug-likeness (QED) is 0.0953. The zero-order chi connectivity index (χ0) is 48.6. The van der Waals surface area contributed by atoms with Crippen molar-refractivity contribution < 1.29 is 80.8 Å². The molecule has 4 aromatic carbocycles. The third-order valence-electron chi connectivity index (χ3n) is 10.1. The van der Waals surface area contributed by atoms with E-state index in [0.29, 0.717) is 34.9 Å². The molecular weight excluding hydrogens is 953 g/mol. The Hall–Kier alpha value is -7.14. The second-order valence-electron chi connectivity index (χ2n) is 14.5. The van der Waals surface area contributed by atoms with Gasteiger partial charge >= 0.3 is 24.6 Å². The van der Waals surface area contributed by atoms with Crippen molar-refractivity contribution in [2.75, 3.05) is 6.61 Å². The smallest absolute Gasteiger partial charge is 0.406 e. The fourth-order valence-corrected chi connectivity index (χ4v) is 6.74. The molecule has 1 aliphatic rings. The molecule has 0 spiro atoms. The summed E-state index contributed by atoms with van der Waals surface area (Å²) in [7, 11) is 0. The molecule has 4 heterocycles. The molecule has 7 aromatic rings. The Morgan fingerprint density at radius 1 is 0.594 bits per heavy atom. The van der Waals surface area contributed by atoms with Crippen LogP contribution in [-0.2, 0) is 34.3 Å². The van der Waals surface area contributed by atoms with Crippen molar-refractivity contribution in [2.45, 2.75) is 57.2 Å². The van der Waals surface area contributed by atoms with Crippen LogP contribution in [0.2, 0.25) is 0 Å². The van der Waals surface area contributed by atoms with Gasteiger partial charge in [0.15, 0.2) is 11.2 Å². The molecule has 8 rings (SSSR count). The molecule has 2 unspecified atom stereocenters. The molecule has 1 aliphatic heterocycles. The van der Waals surface area contributed by atoms with E-state index < -0.39 is 106 Å². The van der Waals surface area contributed by atoms with Gasteiger partial charge in [0.1, 0.15) is 46.2 Å². The molecule has 1 saturated heterocycles. The highest BCUT2D eigenvalue weighted by Crippen LogP contribution is 2.56. The van der Waals surface area contributed by atoms with E-state index in [-0.39, 0.29) is 20.4 Å². The minimum atomic E-state index is -4.87. The number of halogens is 14. The van der Waals surface area contributed by atoms with Gasteiger partial charge in [0.2, 0.25) is 0 Å². The number of rotatable bonds is 12. The monoisotopic (exact) mass is 987 g/mol. The second-order valence-corrected chi connectivity index (χ2v) is 14.5. The molecular formula is C46H35F14N5O4. The van der Waals surface area contributed by atoms with Gasteiger partial charge in [-0.3, -0.25) is 9.97 Å². The topological polar surface area (TPSA) is 108 Å². The Morgan fingerprint density at radius 3 is 1.46 bits per heavy atom. The van der Waals surface area contributed by atoms with Gasteiger partial charge in [0.05, 0.1) is 19.3 Å². The molecule has 0 amide bonds. The predicted molar refractivity (Wildman–Crippen MR) is 218 cm³/mol. The number of epoxide rings is 1. The van der Waals surface area contributed by atoms with Gasteiger partial charge in [0, 0.05) is 53.0 Å². The number of hydrogen-bond donors (Lipinski definition) is 1. The lowest BCUT2D eigenvalue weighted by Gasteiger charge is -2.36. The number of alkyl halides is 10. The highest BCUT2D eigenvalue weighted by Gasteiger charge is 2.68. The number of pyridine rings is 2. The summed E-state index contributed by atoms with van der Waals surface area (Å²) in [5, 5.41) is 18.2. The van der Waals surface area contributed by atoms with Crippen LogP contribution >= 0.6 is 0 Å². The van der Waals surface area contributed by atoms with E-state index in [2.05, 4.69) is 29.8 Å². The molecule has 3 aromatic heterocycles. The van der Waals surface area contributed by atoms with Gasteiger partial charge in [-0.05, 0) is 71.8 Å². The molecule has 23 heteroatoms. The summed E-state index contributed by atoms with van der Waals surface area (Å²) in [5.41, 5.74) is -7.20. The van der Waals surface area contributed by atoms with Crippen molar-refractivity contribution in [3.8, 4) is 33.8 Å². The van der Waals surface area contributed by atoms with Crippen molar-refractivity contribution in [1.82, 2.24) is 25.0 Å². The lowest BCUT2D eigenvalue weighted by molar-refractivity contribution is -0.275. The first-order valence-electron chi connectivity index (χ1n) is 18.9. The molecule has 0 radical (unpaired) electrons. The SMILES string of the molecule is C.C.Fc1ccc(C2(C(F)(F)c3ccc(-c4ccc(OC(F)(F)F)cc4)cn3)CO2)c(F)c1.OC(Cn1ccnn1)(c1ccc(F)cc1F)C(F)(F)c1ccc(-c2ccc(OC(F)(F)F)cc2)cn1. The van der Waals surface area contributed by atoms with E-state index in [9.17, 15) is 49.0 Å². The summed E-state index contributed by atoms with van der Waals surface area (Å²) >= 11 is 0. The largest absolute Gasteiger partial charge is 0.573 e. The molecule has 0 aliphatic carbocycles. The number of ether oxygens (including phenoxy) is 3. The van der Waals surface area contributed by atoms with Crippen molar-refractivity contribution >= 4 is 0 Å². The van der Waals surface area contributed by atoms with Gasteiger partial charge < -0.3 is 19.3 Å². The van der Waals surface area contributed by atoms with Crippen LogP contribution in [0.5, 0.6) is 11.5 Å². The summed E-state index contributed by atoms with van der Waals surface area (Å²) < 4.78 is 204. The molecule has 69 heavy (non-hydrogen) atoms. The van der Waals surface area contributed by atoms with Gasteiger partial charge in [0.25, 0.3) is 0 Å². The number of aliphatic hydroxyl groups is 1. The van der Waals surface area contributed by atoms with Crippen molar-refractivity contribution in [1.29, 1.82) is 0 Å². The van der Waals surface area contributed by atoms with E-state index >= 15 is 17.6 Å². The van der Waals surface area contributed by atoms with Crippen LogP contribution in [0.3, 0.4) is 0 Å². The number of hydrogen-bond acceptors (Lipinski definition) is 8. The first kappa shape index (κ1) is 52.8. The highest BCUT2D eigenvalue weighted by molar-refractivity contribution is 5.64. The second kappa shape index (κ2) is 19.8. The molecule has 0 bridgehead atoms. The van der Waals surface area contributed by atoms with Gasteiger partial charge in [-0.1, -0.05) is 56.5 Å². The summed E-state index contributed by atoms with van der Waals surface area (Å²) in [6.07, 6.45) is -5.24. The van der Waals surface area contributed by atoms with E-state index in [1.807, 2.05) is 0 Å². The molecule has 2 atom stereocenters. The van der Waals surface area contributed by atoms with Gasteiger partial charge in [-0.15, -0.1) is 31.4 Å². The minimum Gasteiger partial charge on any atom is -0.406 e. The maximum Gasteiger partial charge on any atom is 0.573 e. The van der Waals surface area contributed by atoms with Crippen molar-refractivity contribution in [2.24, 2.45) is 0 Å². The van der Waals surface area contributed by atoms with Crippen LogP contribution in [0.15, 0.2) is 134 Å². The third kappa shape index (κ3) is 11.4. The predicted octanol–water partition coefficient (Wildman–Crippen LogP) is 12.4. The summed E-state index contributed by atoms with van der Waals surface area (Å²) in [6.45, 7) is -1.43. The van der Waals surface area contributed by atoms with Crippen LogP contribution in [-0.4, -0.2) is 49.4 Å². The lowest BCUT2D eigenvalue weighted by atomic mass is 9.84. The lowest BCUT2D eigenvalue weighted by Crippen LogP contribution is -2.48. The summed E-state index contributed by atoms with van der Waals surface area (Å²) in [4.78, 5) is 7.46. The fourth-order valence-electron chi connectivity index (χ4n) is 6.74. The Morgan fingerprint density at radius 2 is 1.06 bits per heavy atom. The summed E-state index contributed by atoms with van der Waals surface area (Å²) in [6, 6.07) is 17.9. The van der Waals surface area contributed by atoms with E-state index in [0.717, 1.165) is 77.9 Å². The minimum absolute atomic E-state index is 0. The van der Waals surface area contributed by atoms with E-state index in [4.69, 9.17) is 4.74 Å². The standard InChI is InChI=1S/C23H15F7N4O2.C21H12F7NO2.2CH4/c24-16-4-7-18(19(25)11-16)21(35,13-34-10-9-32-33-34)22(26,27)20-8-3-15(12-31-20)14-1-5-17(6-2-14)36-23(28,29)30;22-14-4-7-16(17(23)9-14)19(11-30-19)20(24,25)18-8-3-13(10-29-18)12-1-5-15(6-2-12)31-21(26,27)28;;/h1-12,35H,13H2;1-10H,11H2;2*1H4. The van der Waals surface area contributed by atoms with Crippen LogP contribution in [0.25, 0.3) is 22.3 Å². The average Bonchev–Trinajstić information content (AvgIpc) is 3.92. The molecule has 9 nitrogen and oxygen atoms in total. The molecule has 0 saturated carbocycles. The van der Waals surface area contributed by atoms with Crippen molar-refractivity contribution in [3.05, 3.63) is 180 Å². The maximum absolute atomic E-state index is 15.7. The van der Waals surface area contributed by atoms with Crippen LogP contribution < -0.4 is 9.47 Å². The number of aromatic nitrogens is 5. The van der Waals surface area contributed by atoms with Gasteiger partial charge in [-0.25, -0.2) is 22.2 Å². The van der Waals surface area contributed by atoms with Gasteiger partial charge in [-0.2, -0.15) is 17.6 Å². The maximum atomic E-state index is 15.7. The number of nitrogens with zero attached hydrogens (tertiary/aromatic N) is 5.